The highest BCUT2D eigenvalue weighted by Crippen LogP contribution is 2.34. The highest BCUT2D eigenvalue weighted by molar-refractivity contribution is 6.30. The summed E-state index contributed by atoms with van der Waals surface area (Å²) in [6, 6.07) is 10.5. The first kappa shape index (κ1) is 14.7. The van der Waals surface area contributed by atoms with E-state index in [1.54, 1.807) is 18.2 Å². The lowest BCUT2D eigenvalue weighted by atomic mass is 10.1. The summed E-state index contributed by atoms with van der Waals surface area (Å²) in [5.41, 5.74) is 2.45. The van der Waals surface area contributed by atoms with E-state index in [-0.39, 0.29) is 29.0 Å². The van der Waals surface area contributed by atoms with Gasteiger partial charge in [0.25, 0.3) is 5.91 Å². The van der Waals surface area contributed by atoms with Gasteiger partial charge in [-0.1, -0.05) is 23.7 Å². The zero-order chi connectivity index (χ0) is 15.7. The summed E-state index contributed by atoms with van der Waals surface area (Å²) >= 11 is 5.99. The molecule has 2 aromatic rings. The molecule has 0 aromatic heterocycles. The molecular formula is C17H16ClNO3. The third-order valence-corrected chi connectivity index (χ3v) is 4.19. The second-order valence-electron chi connectivity index (χ2n) is 5.26. The summed E-state index contributed by atoms with van der Waals surface area (Å²) in [6.07, 6.45) is 1.71. The van der Waals surface area contributed by atoms with Crippen molar-refractivity contribution in [3.05, 3.63) is 58.1 Å². The Hall–Kier alpha value is -2.20. The van der Waals surface area contributed by atoms with E-state index in [4.69, 9.17) is 16.3 Å². The van der Waals surface area contributed by atoms with E-state index in [0.29, 0.717) is 5.02 Å². The number of aryl methyl sites for hydroxylation is 1. The topological polar surface area (TPSA) is 58.6 Å². The predicted octanol–water partition coefficient (Wildman–Crippen LogP) is 3.47. The van der Waals surface area contributed by atoms with Gasteiger partial charge in [-0.25, -0.2) is 0 Å². The number of nitrogens with one attached hydrogen (secondary N) is 1. The molecule has 1 aliphatic carbocycles. The molecule has 0 spiro atoms. The maximum atomic E-state index is 12.4. The number of hydrogen-bond acceptors (Lipinski definition) is 3. The van der Waals surface area contributed by atoms with Crippen LogP contribution >= 0.6 is 11.6 Å². The standard InChI is InChI=1S/C17H16ClNO3/c1-22-15-4-2-3-13(16(15)20)17(21)19-14-8-5-10-9-11(18)6-7-12(10)14/h2-4,6-7,9,14,20H,5,8H2,1H3,(H,19,21)/t14-/m1/s1. The van der Waals surface area contributed by atoms with Gasteiger partial charge in [-0.05, 0) is 48.2 Å². The molecule has 2 aromatic carbocycles. The quantitative estimate of drug-likeness (QED) is 0.911. The summed E-state index contributed by atoms with van der Waals surface area (Å²) < 4.78 is 5.03. The van der Waals surface area contributed by atoms with Gasteiger partial charge in [0.15, 0.2) is 11.5 Å². The van der Waals surface area contributed by atoms with Crippen LogP contribution in [0.25, 0.3) is 0 Å². The van der Waals surface area contributed by atoms with Crippen molar-refractivity contribution in [1.29, 1.82) is 0 Å². The number of carbonyl (C=O) groups is 1. The van der Waals surface area contributed by atoms with Crippen LogP contribution in [-0.2, 0) is 6.42 Å². The number of methoxy groups -OCH3 is 1. The first-order valence-corrected chi connectivity index (χ1v) is 7.43. The van der Waals surface area contributed by atoms with E-state index in [1.165, 1.54) is 7.11 Å². The number of phenols is 1. The van der Waals surface area contributed by atoms with Crippen LogP contribution < -0.4 is 10.1 Å². The number of benzene rings is 2. The summed E-state index contributed by atoms with van der Waals surface area (Å²) in [5.74, 6) is -0.174. The highest BCUT2D eigenvalue weighted by Gasteiger charge is 2.25. The number of halogens is 1. The zero-order valence-electron chi connectivity index (χ0n) is 12.1. The molecule has 0 saturated carbocycles. The molecule has 0 heterocycles. The number of aromatic hydroxyl groups is 1. The van der Waals surface area contributed by atoms with Crippen molar-refractivity contribution in [1.82, 2.24) is 5.32 Å². The molecular weight excluding hydrogens is 302 g/mol. The number of rotatable bonds is 3. The lowest BCUT2D eigenvalue weighted by molar-refractivity contribution is 0.0933. The van der Waals surface area contributed by atoms with Crippen molar-refractivity contribution in [2.24, 2.45) is 0 Å². The monoisotopic (exact) mass is 317 g/mol. The molecule has 0 fully saturated rings. The Morgan fingerprint density at radius 1 is 1.36 bits per heavy atom. The fourth-order valence-electron chi connectivity index (χ4n) is 2.84. The van der Waals surface area contributed by atoms with Crippen molar-refractivity contribution in [3.63, 3.8) is 0 Å². The average molecular weight is 318 g/mol. The van der Waals surface area contributed by atoms with Crippen molar-refractivity contribution in [2.45, 2.75) is 18.9 Å². The van der Waals surface area contributed by atoms with E-state index >= 15 is 0 Å². The number of para-hydroxylation sites is 1. The zero-order valence-corrected chi connectivity index (χ0v) is 12.9. The third-order valence-electron chi connectivity index (χ3n) is 3.95. The van der Waals surface area contributed by atoms with Crippen molar-refractivity contribution in [3.8, 4) is 11.5 Å². The molecule has 0 unspecified atom stereocenters. The van der Waals surface area contributed by atoms with E-state index in [9.17, 15) is 9.90 Å². The molecule has 4 nitrogen and oxygen atoms in total. The van der Waals surface area contributed by atoms with Crippen molar-refractivity contribution in [2.75, 3.05) is 7.11 Å². The number of phenolic OH excluding ortho intramolecular Hbond substituents is 1. The molecule has 2 N–H and O–H groups in total. The minimum atomic E-state index is -0.316. The minimum Gasteiger partial charge on any atom is -0.504 e. The number of ether oxygens (including phenoxy) is 1. The fourth-order valence-corrected chi connectivity index (χ4v) is 3.04. The molecule has 22 heavy (non-hydrogen) atoms. The first-order chi connectivity index (χ1) is 10.6. The second-order valence-corrected chi connectivity index (χ2v) is 5.70. The highest BCUT2D eigenvalue weighted by atomic mass is 35.5. The Morgan fingerprint density at radius 3 is 2.95 bits per heavy atom. The number of fused-ring (bicyclic) bond motifs is 1. The van der Waals surface area contributed by atoms with Crippen LogP contribution in [0.15, 0.2) is 36.4 Å². The van der Waals surface area contributed by atoms with Gasteiger partial charge >= 0.3 is 0 Å². The molecule has 0 saturated heterocycles. The molecule has 5 heteroatoms. The predicted molar refractivity (Wildman–Crippen MR) is 84.6 cm³/mol. The molecule has 3 rings (SSSR count). The van der Waals surface area contributed by atoms with Gasteiger partial charge in [0, 0.05) is 5.02 Å². The Balaban J connectivity index is 1.82. The lowest BCUT2D eigenvalue weighted by Gasteiger charge is -2.15. The first-order valence-electron chi connectivity index (χ1n) is 7.05. The van der Waals surface area contributed by atoms with Gasteiger partial charge in [0.1, 0.15) is 0 Å². The van der Waals surface area contributed by atoms with Crippen LogP contribution in [0.1, 0.15) is 33.9 Å². The minimum absolute atomic E-state index is 0.0645. The Kier molecular flexibility index (Phi) is 3.94. The van der Waals surface area contributed by atoms with Crippen molar-refractivity contribution < 1.29 is 14.6 Å². The normalized spacial score (nSPS) is 16.2. The van der Waals surface area contributed by atoms with Crippen LogP contribution in [0, 0.1) is 0 Å². The van der Waals surface area contributed by atoms with Gasteiger partial charge in [0.05, 0.1) is 18.7 Å². The number of carbonyl (C=O) groups excluding carboxylic acids is 1. The van der Waals surface area contributed by atoms with Gasteiger partial charge in [-0.3, -0.25) is 4.79 Å². The van der Waals surface area contributed by atoms with Gasteiger partial charge < -0.3 is 15.2 Å². The van der Waals surface area contributed by atoms with Gasteiger partial charge in [-0.2, -0.15) is 0 Å². The summed E-state index contributed by atoms with van der Waals surface area (Å²) in [4.78, 5) is 12.4. The molecule has 0 bridgehead atoms. The Morgan fingerprint density at radius 2 is 2.18 bits per heavy atom. The molecule has 1 amide bonds. The summed E-state index contributed by atoms with van der Waals surface area (Å²) in [5, 5.41) is 13.7. The SMILES string of the molecule is COc1cccc(C(=O)N[C@@H]2CCc3cc(Cl)ccc32)c1O. The largest absolute Gasteiger partial charge is 0.504 e. The molecule has 0 aliphatic heterocycles. The maximum absolute atomic E-state index is 12.4. The van der Waals surface area contributed by atoms with Crippen LogP contribution in [0.2, 0.25) is 5.02 Å². The molecule has 114 valence electrons. The second kappa shape index (κ2) is 5.89. The Bertz CT molecular complexity index is 730. The van der Waals surface area contributed by atoms with Crippen LogP contribution in [0.3, 0.4) is 0 Å². The summed E-state index contributed by atoms with van der Waals surface area (Å²) in [6.45, 7) is 0. The van der Waals surface area contributed by atoms with Gasteiger partial charge in [-0.15, -0.1) is 0 Å². The third kappa shape index (κ3) is 2.62. The maximum Gasteiger partial charge on any atom is 0.255 e. The molecule has 1 aliphatic rings. The smallest absolute Gasteiger partial charge is 0.255 e. The van der Waals surface area contributed by atoms with Crippen LogP contribution in [0.5, 0.6) is 11.5 Å². The lowest BCUT2D eigenvalue weighted by Crippen LogP contribution is -2.27. The Labute approximate surface area is 133 Å². The van der Waals surface area contributed by atoms with Crippen molar-refractivity contribution >= 4 is 17.5 Å². The van der Waals surface area contributed by atoms with E-state index in [2.05, 4.69) is 5.32 Å². The van der Waals surface area contributed by atoms with Gasteiger partial charge in [0.2, 0.25) is 0 Å². The van der Waals surface area contributed by atoms with E-state index < -0.39 is 0 Å². The molecule has 0 radical (unpaired) electrons. The van der Waals surface area contributed by atoms with E-state index in [1.807, 2.05) is 18.2 Å². The summed E-state index contributed by atoms with van der Waals surface area (Å²) in [7, 11) is 1.45. The number of amides is 1. The fraction of sp³-hybridized carbons (Fsp3) is 0.235. The van der Waals surface area contributed by atoms with Crippen LogP contribution in [0.4, 0.5) is 0 Å². The van der Waals surface area contributed by atoms with E-state index in [0.717, 1.165) is 24.0 Å². The number of hydrogen-bond donors (Lipinski definition) is 2. The average Bonchev–Trinajstić information content (AvgIpc) is 2.89. The molecule has 1 atom stereocenters. The van der Waals surface area contributed by atoms with Crippen LogP contribution in [-0.4, -0.2) is 18.1 Å².